The highest BCUT2D eigenvalue weighted by atomic mass is 35.5. The van der Waals surface area contributed by atoms with Crippen LogP contribution in [0.25, 0.3) is 10.9 Å². The number of rotatable bonds is 1. The van der Waals surface area contributed by atoms with Gasteiger partial charge in [-0.25, -0.2) is 4.79 Å². The lowest BCUT2D eigenvalue weighted by molar-refractivity contribution is 0.0612. The van der Waals surface area contributed by atoms with Crippen LogP contribution in [0.15, 0.2) is 24.3 Å². The van der Waals surface area contributed by atoms with E-state index in [0.717, 1.165) is 10.9 Å². The standard InChI is InChI=1S/C15H14ClN3O3/c16-11-2-1-3-12-10(11)6-13(17-12)14(20)18-4-5-19-9(7-18)8-22-15(19)21/h1-3,6,9,17H,4-5,7-8H2. The second-order valence-electron chi connectivity index (χ2n) is 5.56. The predicted molar refractivity (Wildman–Crippen MR) is 81.1 cm³/mol. The highest BCUT2D eigenvalue weighted by Gasteiger charge is 2.39. The Labute approximate surface area is 131 Å². The maximum Gasteiger partial charge on any atom is 0.410 e. The van der Waals surface area contributed by atoms with Crippen LogP contribution in [-0.2, 0) is 4.74 Å². The number of nitrogens with one attached hydrogen (secondary N) is 1. The first kappa shape index (κ1) is 13.5. The van der Waals surface area contributed by atoms with E-state index in [1.807, 2.05) is 12.1 Å². The van der Waals surface area contributed by atoms with Crippen molar-refractivity contribution < 1.29 is 14.3 Å². The predicted octanol–water partition coefficient (Wildman–Crippen LogP) is 2.10. The molecule has 2 aliphatic heterocycles. The van der Waals surface area contributed by atoms with Crippen molar-refractivity contribution in [1.82, 2.24) is 14.8 Å². The van der Waals surface area contributed by atoms with E-state index >= 15 is 0 Å². The van der Waals surface area contributed by atoms with Crippen LogP contribution in [0, 0.1) is 0 Å². The van der Waals surface area contributed by atoms with Crippen LogP contribution < -0.4 is 0 Å². The summed E-state index contributed by atoms with van der Waals surface area (Å²) in [5, 5.41) is 1.46. The van der Waals surface area contributed by atoms with Gasteiger partial charge in [0.05, 0.1) is 6.04 Å². The average Bonchev–Trinajstić information content (AvgIpc) is 3.11. The zero-order valence-electron chi connectivity index (χ0n) is 11.7. The number of piperazine rings is 1. The third-order valence-electron chi connectivity index (χ3n) is 4.24. The van der Waals surface area contributed by atoms with Crippen molar-refractivity contribution in [3.8, 4) is 0 Å². The van der Waals surface area contributed by atoms with Crippen LogP contribution in [0.3, 0.4) is 0 Å². The molecule has 0 saturated carbocycles. The fourth-order valence-corrected chi connectivity index (χ4v) is 3.31. The van der Waals surface area contributed by atoms with Crippen LogP contribution in [-0.4, -0.2) is 59.1 Å². The van der Waals surface area contributed by atoms with Gasteiger partial charge in [0.15, 0.2) is 0 Å². The van der Waals surface area contributed by atoms with E-state index in [2.05, 4.69) is 4.98 Å². The summed E-state index contributed by atoms with van der Waals surface area (Å²) in [4.78, 5) is 30.7. The van der Waals surface area contributed by atoms with Gasteiger partial charge in [-0.1, -0.05) is 17.7 Å². The van der Waals surface area contributed by atoms with Gasteiger partial charge in [-0.3, -0.25) is 9.69 Å². The summed E-state index contributed by atoms with van der Waals surface area (Å²) in [6.45, 7) is 1.86. The molecule has 0 radical (unpaired) electrons. The Kier molecular flexibility index (Phi) is 3.00. The third kappa shape index (κ3) is 2.02. The molecule has 114 valence electrons. The maximum absolute atomic E-state index is 12.7. The molecule has 1 unspecified atom stereocenters. The molecule has 0 aliphatic carbocycles. The smallest absolute Gasteiger partial charge is 0.410 e. The lowest BCUT2D eigenvalue weighted by Gasteiger charge is -2.35. The molecule has 1 atom stereocenters. The van der Waals surface area contributed by atoms with E-state index in [9.17, 15) is 9.59 Å². The molecule has 2 aliphatic rings. The van der Waals surface area contributed by atoms with Crippen LogP contribution >= 0.6 is 11.6 Å². The summed E-state index contributed by atoms with van der Waals surface area (Å²) in [5.74, 6) is -0.0775. The van der Waals surface area contributed by atoms with Crippen molar-refractivity contribution >= 4 is 34.5 Å². The molecule has 2 saturated heterocycles. The molecule has 22 heavy (non-hydrogen) atoms. The highest BCUT2D eigenvalue weighted by Crippen LogP contribution is 2.25. The molecular formula is C15H14ClN3O3. The van der Waals surface area contributed by atoms with Crippen molar-refractivity contribution in [3.05, 3.63) is 35.0 Å². The monoisotopic (exact) mass is 319 g/mol. The SMILES string of the molecule is O=C(c1cc2c(Cl)cccc2[nH]1)N1CCN2C(=O)OCC2C1. The van der Waals surface area contributed by atoms with Crippen molar-refractivity contribution in [2.75, 3.05) is 26.2 Å². The summed E-state index contributed by atoms with van der Waals surface area (Å²) < 4.78 is 5.02. The number of ether oxygens (including phenoxy) is 1. The van der Waals surface area contributed by atoms with Crippen molar-refractivity contribution in [2.45, 2.75) is 6.04 Å². The molecular weight excluding hydrogens is 306 g/mol. The second-order valence-corrected chi connectivity index (χ2v) is 5.97. The van der Waals surface area contributed by atoms with E-state index in [4.69, 9.17) is 16.3 Å². The number of amides is 2. The first-order valence-corrected chi connectivity index (χ1v) is 7.51. The normalized spacial score (nSPS) is 21.1. The third-order valence-corrected chi connectivity index (χ3v) is 4.57. The number of benzene rings is 1. The quantitative estimate of drug-likeness (QED) is 0.875. The topological polar surface area (TPSA) is 65.6 Å². The van der Waals surface area contributed by atoms with E-state index in [1.54, 1.807) is 21.9 Å². The Morgan fingerprint density at radius 3 is 3.05 bits per heavy atom. The number of nitrogens with zero attached hydrogens (tertiary/aromatic N) is 2. The van der Waals surface area contributed by atoms with Crippen LogP contribution in [0.1, 0.15) is 10.5 Å². The van der Waals surface area contributed by atoms with Gasteiger partial charge in [0.25, 0.3) is 5.91 Å². The number of carbonyl (C=O) groups excluding carboxylic acids is 2. The van der Waals surface area contributed by atoms with E-state index in [-0.39, 0.29) is 18.0 Å². The van der Waals surface area contributed by atoms with Gasteiger partial charge in [-0.05, 0) is 18.2 Å². The molecule has 2 fully saturated rings. The molecule has 7 heteroatoms. The van der Waals surface area contributed by atoms with Gasteiger partial charge in [0.2, 0.25) is 0 Å². The Bertz CT molecular complexity index is 772. The van der Waals surface area contributed by atoms with Gasteiger partial charge in [0, 0.05) is 35.6 Å². The van der Waals surface area contributed by atoms with Crippen LogP contribution in [0.4, 0.5) is 4.79 Å². The van der Waals surface area contributed by atoms with Crippen molar-refractivity contribution in [2.24, 2.45) is 0 Å². The minimum Gasteiger partial charge on any atom is -0.447 e. The van der Waals surface area contributed by atoms with Gasteiger partial charge < -0.3 is 14.6 Å². The zero-order valence-corrected chi connectivity index (χ0v) is 12.5. The fraction of sp³-hybridized carbons (Fsp3) is 0.333. The Balaban J connectivity index is 1.58. The lowest BCUT2D eigenvalue weighted by atomic mass is 10.2. The number of aromatic nitrogens is 1. The molecule has 3 heterocycles. The second kappa shape index (κ2) is 4.91. The number of halogens is 1. The molecule has 4 rings (SSSR count). The number of fused-ring (bicyclic) bond motifs is 2. The van der Waals surface area contributed by atoms with Gasteiger partial charge in [0.1, 0.15) is 12.3 Å². The number of aromatic amines is 1. The molecule has 0 spiro atoms. The van der Waals surface area contributed by atoms with Crippen LogP contribution in [0.5, 0.6) is 0 Å². The summed E-state index contributed by atoms with van der Waals surface area (Å²) in [7, 11) is 0. The molecule has 2 aromatic rings. The first-order valence-electron chi connectivity index (χ1n) is 7.13. The number of cyclic esters (lactones) is 1. The summed E-state index contributed by atoms with van der Waals surface area (Å²) in [6, 6.07) is 7.27. The van der Waals surface area contributed by atoms with Gasteiger partial charge in [-0.15, -0.1) is 0 Å². The number of carbonyl (C=O) groups is 2. The van der Waals surface area contributed by atoms with Crippen molar-refractivity contribution in [3.63, 3.8) is 0 Å². The van der Waals surface area contributed by atoms with E-state index < -0.39 is 0 Å². The van der Waals surface area contributed by atoms with E-state index in [0.29, 0.717) is 37.0 Å². The zero-order chi connectivity index (χ0) is 15.3. The Morgan fingerprint density at radius 1 is 1.36 bits per heavy atom. The Hall–Kier alpha value is -2.21. The fourth-order valence-electron chi connectivity index (χ4n) is 3.08. The molecule has 1 aromatic carbocycles. The minimum absolute atomic E-state index is 0.0434. The number of hydrogen-bond donors (Lipinski definition) is 1. The maximum atomic E-state index is 12.7. The largest absolute Gasteiger partial charge is 0.447 e. The first-order chi connectivity index (χ1) is 10.6. The average molecular weight is 320 g/mol. The number of hydrogen-bond acceptors (Lipinski definition) is 3. The van der Waals surface area contributed by atoms with E-state index in [1.165, 1.54) is 0 Å². The lowest BCUT2D eigenvalue weighted by Crippen LogP contribution is -2.53. The van der Waals surface area contributed by atoms with Gasteiger partial charge in [-0.2, -0.15) is 0 Å². The molecule has 6 nitrogen and oxygen atoms in total. The summed E-state index contributed by atoms with van der Waals surface area (Å²) >= 11 is 6.14. The summed E-state index contributed by atoms with van der Waals surface area (Å²) in [5.41, 5.74) is 1.36. The minimum atomic E-state index is -0.283. The molecule has 0 bridgehead atoms. The van der Waals surface area contributed by atoms with Crippen molar-refractivity contribution in [1.29, 1.82) is 0 Å². The van der Waals surface area contributed by atoms with Crippen LogP contribution in [0.2, 0.25) is 5.02 Å². The molecule has 1 N–H and O–H groups in total. The Morgan fingerprint density at radius 2 is 2.23 bits per heavy atom. The molecule has 2 amide bonds. The summed E-state index contributed by atoms with van der Waals surface area (Å²) in [6.07, 6.45) is -0.283. The highest BCUT2D eigenvalue weighted by molar-refractivity contribution is 6.35. The number of H-pyrrole nitrogens is 1. The van der Waals surface area contributed by atoms with Gasteiger partial charge >= 0.3 is 6.09 Å². The molecule has 1 aromatic heterocycles.